The first-order valence-electron chi connectivity index (χ1n) is 14.6. The van der Waals surface area contributed by atoms with Crippen molar-refractivity contribution in [3.05, 3.63) is 89.2 Å². The third kappa shape index (κ3) is 9.35. The first kappa shape index (κ1) is 35.5. The molecular weight excluding hydrogens is 662 g/mol. The third-order valence-electron chi connectivity index (χ3n) is 7.23. The van der Waals surface area contributed by atoms with Crippen molar-refractivity contribution in [2.75, 3.05) is 31.0 Å². The Balaban J connectivity index is 1.69. The molecule has 3 aromatic carbocycles. The fourth-order valence-electron chi connectivity index (χ4n) is 4.63. The second-order valence-corrected chi connectivity index (χ2v) is 19.7. The molecule has 0 fully saturated rings. The fraction of sp³-hybridized carbons (Fsp3) is 0.281. The molecule has 15 heteroatoms. The number of ether oxygens (including phenoxy) is 2. The van der Waals surface area contributed by atoms with Crippen LogP contribution in [0.4, 0.5) is 16.2 Å². The van der Waals surface area contributed by atoms with E-state index in [1.807, 2.05) is 0 Å². The standard InChI is InChI=1S/C32H38ClN5O7SSi/c1-44-26-12-10-23(29(18-26)45-2)19-35-46(42,43)30-17-24(36-31(39)16-22-8-6-7-9-27(22)33)11-13-28(30)38-21-25(20-34-38)37(32(40)41)14-15-47(3,4)5/h6-13,17-18,20-21,35H,14-16,19H2,1-5H3,(H,36,39)(H,40,41). The van der Waals surface area contributed by atoms with E-state index in [0.717, 1.165) is 6.04 Å². The summed E-state index contributed by atoms with van der Waals surface area (Å²) < 4.78 is 42.4. The molecule has 0 spiro atoms. The largest absolute Gasteiger partial charge is 0.497 e. The van der Waals surface area contributed by atoms with Gasteiger partial charge in [-0.15, -0.1) is 0 Å². The number of anilines is 2. The van der Waals surface area contributed by atoms with Crippen molar-refractivity contribution in [3.8, 4) is 17.2 Å². The summed E-state index contributed by atoms with van der Waals surface area (Å²) in [6.45, 7) is 6.61. The molecule has 0 saturated heterocycles. The number of nitrogens with one attached hydrogen (secondary N) is 2. The molecule has 0 bridgehead atoms. The summed E-state index contributed by atoms with van der Waals surface area (Å²) in [7, 11) is -2.83. The Morgan fingerprint density at radius 2 is 1.77 bits per heavy atom. The number of nitrogens with zero attached hydrogens (tertiary/aromatic N) is 3. The number of sulfonamides is 1. The molecule has 47 heavy (non-hydrogen) atoms. The van der Waals surface area contributed by atoms with Gasteiger partial charge in [0.05, 0.1) is 44.4 Å². The van der Waals surface area contributed by atoms with Crippen molar-refractivity contribution in [1.29, 1.82) is 0 Å². The third-order valence-corrected chi connectivity index (χ3v) is 10.8. The van der Waals surface area contributed by atoms with E-state index in [9.17, 15) is 23.1 Å². The Kier molecular flexibility index (Phi) is 11.3. The summed E-state index contributed by atoms with van der Waals surface area (Å²) in [5.74, 6) is 0.577. The van der Waals surface area contributed by atoms with Gasteiger partial charge < -0.3 is 19.9 Å². The number of carbonyl (C=O) groups is 2. The van der Waals surface area contributed by atoms with Crippen molar-refractivity contribution in [3.63, 3.8) is 0 Å². The van der Waals surface area contributed by atoms with E-state index >= 15 is 0 Å². The predicted octanol–water partition coefficient (Wildman–Crippen LogP) is 6.03. The van der Waals surface area contributed by atoms with E-state index in [0.29, 0.717) is 33.3 Å². The van der Waals surface area contributed by atoms with Crippen LogP contribution in [0.25, 0.3) is 5.69 Å². The average Bonchev–Trinajstić information content (AvgIpc) is 3.50. The van der Waals surface area contributed by atoms with Gasteiger partial charge in [0.15, 0.2) is 0 Å². The van der Waals surface area contributed by atoms with E-state index in [4.69, 9.17) is 21.1 Å². The number of hydrogen-bond acceptors (Lipinski definition) is 7. The lowest BCUT2D eigenvalue weighted by Gasteiger charge is -2.22. The van der Waals surface area contributed by atoms with Crippen LogP contribution in [0, 0.1) is 0 Å². The van der Waals surface area contributed by atoms with Crippen LogP contribution in [0.5, 0.6) is 11.5 Å². The number of rotatable bonds is 14. The number of amides is 2. The average molecular weight is 700 g/mol. The summed E-state index contributed by atoms with van der Waals surface area (Å²) in [5, 5.41) is 17.4. The molecule has 2 amide bonds. The Hall–Kier alpha value is -4.37. The van der Waals surface area contributed by atoms with Crippen molar-refractivity contribution >= 4 is 53.1 Å². The zero-order chi connectivity index (χ0) is 34.4. The van der Waals surface area contributed by atoms with Crippen LogP contribution in [-0.2, 0) is 27.8 Å². The summed E-state index contributed by atoms with van der Waals surface area (Å²) >= 11 is 6.22. The van der Waals surface area contributed by atoms with E-state index in [1.165, 1.54) is 48.3 Å². The topological polar surface area (TPSA) is 152 Å². The van der Waals surface area contributed by atoms with Gasteiger partial charge in [-0.05, 0) is 41.9 Å². The van der Waals surface area contributed by atoms with Crippen LogP contribution in [-0.4, -0.2) is 64.1 Å². The quantitative estimate of drug-likeness (QED) is 0.135. The summed E-state index contributed by atoms with van der Waals surface area (Å²) in [5.41, 5.74) is 1.84. The molecule has 4 rings (SSSR count). The SMILES string of the molecule is COc1ccc(CNS(=O)(=O)c2cc(NC(=O)Cc3ccccc3Cl)ccc2-n2cc(N(CC[Si](C)(C)C)C(=O)O)cn2)c(OC)c1. The van der Waals surface area contributed by atoms with Crippen molar-refractivity contribution in [1.82, 2.24) is 14.5 Å². The summed E-state index contributed by atoms with van der Waals surface area (Å²) in [6.07, 6.45) is 1.69. The van der Waals surface area contributed by atoms with Gasteiger partial charge >= 0.3 is 6.09 Å². The maximum absolute atomic E-state index is 13.9. The minimum absolute atomic E-state index is 0.0238. The molecule has 0 aliphatic rings. The minimum Gasteiger partial charge on any atom is -0.497 e. The van der Waals surface area contributed by atoms with Crippen molar-refractivity contribution < 1.29 is 32.6 Å². The molecule has 250 valence electrons. The fourth-order valence-corrected chi connectivity index (χ4v) is 6.95. The molecule has 4 aromatic rings. The lowest BCUT2D eigenvalue weighted by molar-refractivity contribution is -0.115. The number of benzene rings is 3. The maximum atomic E-state index is 13.9. The molecule has 0 aliphatic carbocycles. The van der Waals surface area contributed by atoms with Gasteiger partial charge in [-0.1, -0.05) is 55.5 Å². The van der Waals surface area contributed by atoms with Gasteiger partial charge in [-0.25, -0.2) is 22.6 Å². The van der Waals surface area contributed by atoms with Crippen molar-refractivity contribution in [2.45, 2.75) is 43.5 Å². The molecule has 1 aromatic heterocycles. The van der Waals surface area contributed by atoms with Crippen LogP contribution in [0.3, 0.4) is 0 Å². The second-order valence-electron chi connectivity index (χ2n) is 11.9. The van der Waals surface area contributed by atoms with Crippen molar-refractivity contribution in [2.24, 2.45) is 0 Å². The van der Waals surface area contributed by atoms with Crippen LogP contribution in [0.2, 0.25) is 30.7 Å². The zero-order valence-corrected chi connectivity index (χ0v) is 29.4. The van der Waals surface area contributed by atoms with Gasteiger partial charge in [-0.3, -0.25) is 9.69 Å². The van der Waals surface area contributed by atoms with Gasteiger partial charge in [-0.2, -0.15) is 5.10 Å². The van der Waals surface area contributed by atoms with Crippen LogP contribution in [0.1, 0.15) is 11.1 Å². The Morgan fingerprint density at radius 1 is 1.02 bits per heavy atom. The van der Waals surface area contributed by atoms with Gasteiger partial charge in [0.1, 0.15) is 16.4 Å². The molecule has 3 N–H and O–H groups in total. The number of halogens is 1. The van der Waals surface area contributed by atoms with E-state index < -0.39 is 30.1 Å². The number of carboxylic acid groups (broad SMARTS) is 1. The lowest BCUT2D eigenvalue weighted by Crippen LogP contribution is -2.34. The molecule has 0 unspecified atom stereocenters. The first-order valence-corrected chi connectivity index (χ1v) is 20.2. The predicted molar refractivity (Wildman–Crippen MR) is 184 cm³/mol. The molecule has 0 aliphatic heterocycles. The van der Waals surface area contributed by atoms with Crippen LogP contribution < -0.4 is 24.4 Å². The number of hydrogen-bond donors (Lipinski definition) is 3. The highest BCUT2D eigenvalue weighted by atomic mass is 35.5. The Labute approximate surface area is 280 Å². The molecule has 0 atom stereocenters. The highest BCUT2D eigenvalue weighted by Crippen LogP contribution is 2.29. The highest BCUT2D eigenvalue weighted by molar-refractivity contribution is 7.89. The monoisotopic (exact) mass is 699 g/mol. The van der Waals surface area contributed by atoms with Gasteiger partial charge in [0.2, 0.25) is 15.9 Å². The number of carbonyl (C=O) groups excluding carboxylic acids is 1. The normalized spacial score (nSPS) is 11.6. The Morgan fingerprint density at radius 3 is 2.43 bits per heavy atom. The molecule has 0 radical (unpaired) electrons. The van der Waals surface area contributed by atoms with E-state index in [-0.39, 0.29) is 35.8 Å². The zero-order valence-electron chi connectivity index (χ0n) is 26.8. The molecule has 0 saturated carbocycles. The molecule has 1 heterocycles. The minimum atomic E-state index is -4.25. The number of methoxy groups -OCH3 is 2. The second kappa shape index (κ2) is 15.0. The van der Waals surface area contributed by atoms with Gasteiger partial charge in [0.25, 0.3) is 0 Å². The lowest BCUT2D eigenvalue weighted by atomic mass is 10.1. The maximum Gasteiger partial charge on any atom is 0.411 e. The molecule has 12 nitrogen and oxygen atoms in total. The van der Waals surface area contributed by atoms with Gasteiger partial charge in [0, 0.05) is 43.5 Å². The summed E-state index contributed by atoms with van der Waals surface area (Å²) in [4.78, 5) is 26.1. The highest BCUT2D eigenvalue weighted by Gasteiger charge is 2.25. The first-order chi connectivity index (χ1) is 22.2. The smallest absolute Gasteiger partial charge is 0.411 e. The van der Waals surface area contributed by atoms with Crippen LogP contribution in [0.15, 0.2) is 78.0 Å². The Bertz CT molecular complexity index is 1860. The van der Waals surface area contributed by atoms with E-state index in [2.05, 4.69) is 34.8 Å². The van der Waals surface area contributed by atoms with Crippen LogP contribution >= 0.6 is 11.6 Å². The molecular formula is C32H38ClN5O7SSi. The van der Waals surface area contributed by atoms with E-state index in [1.54, 1.807) is 48.5 Å². The summed E-state index contributed by atoms with van der Waals surface area (Å²) in [6, 6.07) is 17.1. The number of aromatic nitrogens is 2.